The third kappa shape index (κ3) is 5.78. The molecule has 1 aliphatic rings. The minimum atomic E-state index is -2.75. The van der Waals surface area contributed by atoms with Gasteiger partial charge in [-0.2, -0.15) is 0 Å². The Labute approximate surface area is 164 Å². The third-order valence-electron chi connectivity index (χ3n) is 4.44. The fourth-order valence-corrected chi connectivity index (χ4v) is 2.92. The van der Waals surface area contributed by atoms with Crippen LogP contribution in [0.3, 0.4) is 0 Å². The van der Waals surface area contributed by atoms with Crippen LogP contribution in [0.1, 0.15) is 43.0 Å². The van der Waals surface area contributed by atoms with Crippen LogP contribution >= 0.6 is 0 Å². The van der Waals surface area contributed by atoms with Crippen molar-refractivity contribution in [3.63, 3.8) is 0 Å². The number of hydrogen-bond acceptors (Lipinski definition) is 5. The molecule has 0 spiro atoms. The molecule has 0 saturated heterocycles. The van der Waals surface area contributed by atoms with E-state index in [4.69, 9.17) is 16.2 Å². The molecule has 0 aromatic heterocycles. The Kier molecular flexibility index (Phi) is 6.99. The molecule has 6 nitrogen and oxygen atoms in total. The highest BCUT2D eigenvalue weighted by Crippen LogP contribution is 2.34. The Balaban J connectivity index is 2.07. The monoisotopic (exact) mass is 415 g/mol. The minimum absolute atomic E-state index is 0.0677. The predicted octanol–water partition coefficient (Wildman–Crippen LogP) is 2.86. The molecule has 10 heteroatoms. The molecule has 1 aliphatic carbocycles. The first-order chi connectivity index (χ1) is 13.5. The molecule has 29 heavy (non-hydrogen) atoms. The van der Waals surface area contributed by atoms with E-state index in [1.165, 1.54) is 6.92 Å². The van der Waals surface area contributed by atoms with Gasteiger partial charge in [-0.3, -0.25) is 9.79 Å². The molecule has 0 atom stereocenters. The summed E-state index contributed by atoms with van der Waals surface area (Å²) in [5, 5.41) is 0. The van der Waals surface area contributed by atoms with E-state index in [0.717, 1.165) is 18.2 Å². The number of Topliss-reactive ketones (excluding diaryl/α,β-unsaturated/α-hetero) is 1. The van der Waals surface area contributed by atoms with E-state index < -0.39 is 47.5 Å². The zero-order valence-electron chi connectivity index (χ0n) is 15.7. The van der Waals surface area contributed by atoms with Gasteiger partial charge in [0.05, 0.1) is 11.6 Å². The number of halogens is 4. The van der Waals surface area contributed by atoms with E-state index >= 15 is 0 Å². The Morgan fingerprint density at radius 1 is 1.17 bits per heavy atom. The molecule has 0 unspecified atom stereocenters. The summed E-state index contributed by atoms with van der Waals surface area (Å²) < 4.78 is 58.5. The van der Waals surface area contributed by atoms with Gasteiger partial charge in [0, 0.05) is 18.5 Å². The van der Waals surface area contributed by atoms with Crippen molar-refractivity contribution in [3.8, 4) is 0 Å². The first kappa shape index (κ1) is 22.4. The van der Waals surface area contributed by atoms with Crippen LogP contribution < -0.4 is 11.5 Å². The zero-order valence-corrected chi connectivity index (χ0v) is 15.7. The standard InChI is InChI=1S/C19H21F4N3O3/c1-10(24)15(17(25)26-11-5-7-19(22,23)8-6-11)18(28)29-9-14(27)16-12(20)3-2-4-13(16)21/h2-4,11H,5-9,24H2,1H3,(H2,25,26). The largest absolute Gasteiger partial charge is 0.454 e. The number of ether oxygens (including phenoxy) is 1. The SMILES string of the molecule is CC(N)=C(C(=O)OCC(=O)c1c(F)cccc1F)C(N)=NC1CCC(F)(F)CC1. The highest BCUT2D eigenvalue weighted by atomic mass is 19.3. The second-order valence-corrected chi connectivity index (χ2v) is 6.76. The van der Waals surface area contributed by atoms with Gasteiger partial charge in [0.2, 0.25) is 11.7 Å². The van der Waals surface area contributed by atoms with Gasteiger partial charge < -0.3 is 16.2 Å². The van der Waals surface area contributed by atoms with E-state index in [0.29, 0.717) is 0 Å². The number of allylic oxidation sites excluding steroid dienone is 1. The van der Waals surface area contributed by atoms with E-state index in [2.05, 4.69) is 4.99 Å². The summed E-state index contributed by atoms with van der Waals surface area (Å²) in [7, 11) is 0. The maximum atomic E-state index is 13.6. The lowest BCUT2D eigenvalue weighted by Crippen LogP contribution is -2.31. The van der Waals surface area contributed by atoms with Crippen molar-refractivity contribution in [1.82, 2.24) is 0 Å². The number of nitrogens with two attached hydrogens (primary N) is 2. The number of hydrogen-bond donors (Lipinski definition) is 2. The van der Waals surface area contributed by atoms with Crippen molar-refractivity contribution in [2.75, 3.05) is 6.61 Å². The van der Waals surface area contributed by atoms with Gasteiger partial charge in [-0.25, -0.2) is 22.4 Å². The van der Waals surface area contributed by atoms with Crippen LogP contribution in [0.5, 0.6) is 0 Å². The molecule has 1 aromatic carbocycles. The molecule has 0 aliphatic heterocycles. The number of alkyl halides is 2. The van der Waals surface area contributed by atoms with E-state index in [1.807, 2.05) is 0 Å². The van der Waals surface area contributed by atoms with Crippen molar-refractivity contribution >= 4 is 17.6 Å². The quantitative estimate of drug-likeness (QED) is 0.186. The predicted molar refractivity (Wildman–Crippen MR) is 97.4 cm³/mol. The molecule has 4 N–H and O–H groups in total. The summed E-state index contributed by atoms with van der Waals surface area (Å²) in [5.74, 6) is -7.44. The zero-order chi connectivity index (χ0) is 21.8. The van der Waals surface area contributed by atoms with Crippen molar-refractivity contribution in [1.29, 1.82) is 0 Å². The lowest BCUT2D eigenvalue weighted by atomic mass is 9.92. The minimum Gasteiger partial charge on any atom is -0.454 e. The summed E-state index contributed by atoms with van der Waals surface area (Å²) in [4.78, 5) is 28.4. The number of carbonyl (C=O) groups excluding carboxylic acids is 2. The normalized spacial score (nSPS) is 18.2. The lowest BCUT2D eigenvalue weighted by Gasteiger charge is -2.26. The summed E-state index contributed by atoms with van der Waals surface area (Å²) in [6, 6.07) is 2.37. The van der Waals surface area contributed by atoms with Gasteiger partial charge in [0.25, 0.3) is 0 Å². The van der Waals surface area contributed by atoms with Crippen LogP contribution in [0.2, 0.25) is 0 Å². The summed E-state index contributed by atoms with van der Waals surface area (Å²) in [5.41, 5.74) is 10.2. The van der Waals surface area contributed by atoms with E-state index in [9.17, 15) is 27.2 Å². The van der Waals surface area contributed by atoms with Crippen molar-refractivity contribution in [3.05, 3.63) is 46.7 Å². The van der Waals surface area contributed by atoms with E-state index in [1.54, 1.807) is 0 Å². The van der Waals surface area contributed by atoms with Gasteiger partial charge in [0.15, 0.2) is 6.61 Å². The van der Waals surface area contributed by atoms with Crippen LogP contribution in [-0.2, 0) is 9.53 Å². The van der Waals surface area contributed by atoms with Gasteiger partial charge in [-0.05, 0) is 31.9 Å². The van der Waals surface area contributed by atoms with Crippen molar-refractivity contribution in [2.45, 2.75) is 44.6 Å². The molecule has 0 radical (unpaired) electrons. The Hall–Kier alpha value is -2.91. The maximum absolute atomic E-state index is 13.6. The van der Waals surface area contributed by atoms with Crippen LogP contribution in [-0.4, -0.2) is 36.2 Å². The Bertz CT molecular complexity index is 834. The molecule has 1 saturated carbocycles. The highest BCUT2D eigenvalue weighted by molar-refractivity contribution is 6.19. The number of amidine groups is 1. The average Bonchev–Trinajstić information content (AvgIpc) is 2.61. The fraction of sp³-hybridized carbons (Fsp3) is 0.421. The Morgan fingerprint density at radius 2 is 1.72 bits per heavy atom. The summed E-state index contributed by atoms with van der Waals surface area (Å²) >= 11 is 0. The van der Waals surface area contributed by atoms with Crippen LogP contribution in [0.15, 0.2) is 34.5 Å². The van der Waals surface area contributed by atoms with Gasteiger partial charge in [0.1, 0.15) is 23.0 Å². The molecule has 158 valence electrons. The number of aliphatic imine (C=N–C) groups is 1. The molecule has 1 aromatic rings. The van der Waals surface area contributed by atoms with Gasteiger partial charge >= 0.3 is 5.97 Å². The van der Waals surface area contributed by atoms with Crippen molar-refractivity contribution in [2.24, 2.45) is 16.5 Å². The second kappa shape index (κ2) is 9.06. The number of esters is 1. The number of rotatable bonds is 6. The first-order valence-corrected chi connectivity index (χ1v) is 8.84. The van der Waals surface area contributed by atoms with Crippen LogP contribution in [0.4, 0.5) is 17.6 Å². The summed E-state index contributed by atoms with van der Waals surface area (Å²) in [6.45, 7) is 0.392. The first-order valence-electron chi connectivity index (χ1n) is 8.84. The maximum Gasteiger partial charge on any atom is 0.344 e. The molecule has 0 amide bonds. The molecule has 0 heterocycles. The smallest absolute Gasteiger partial charge is 0.344 e. The molecular weight excluding hydrogens is 394 g/mol. The number of nitrogens with zero attached hydrogens (tertiary/aromatic N) is 1. The average molecular weight is 415 g/mol. The van der Waals surface area contributed by atoms with E-state index in [-0.39, 0.29) is 42.8 Å². The fourth-order valence-electron chi connectivity index (χ4n) is 2.92. The highest BCUT2D eigenvalue weighted by Gasteiger charge is 2.35. The molecular formula is C19H21F4N3O3. The Morgan fingerprint density at radius 3 is 2.24 bits per heavy atom. The molecule has 2 rings (SSSR count). The van der Waals surface area contributed by atoms with Crippen LogP contribution in [0.25, 0.3) is 0 Å². The lowest BCUT2D eigenvalue weighted by molar-refractivity contribution is -0.137. The summed E-state index contributed by atoms with van der Waals surface area (Å²) in [6.07, 6.45) is -0.514. The number of benzene rings is 1. The molecule has 0 bridgehead atoms. The van der Waals surface area contributed by atoms with Gasteiger partial charge in [-0.1, -0.05) is 6.07 Å². The van der Waals surface area contributed by atoms with Crippen molar-refractivity contribution < 1.29 is 31.9 Å². The number of ketones is 1. The topological polar surface area (TPSA) is 108 Å². The second-order valence-electron chi connectivity index (χ2n) is 6.76. The number of carbonyl (C=O) groups is 2. The van der Waals surface area contributed by atoms with Gasteiger partial charge in [-0.15, -0.1) is 0 Å². The third-order valence-corrected chi connectivity index (χ3v) is 4.44. The van der Waals surface area contributed by atoms with Crippen LogP contribution in [0, 0.1) is 11.6 Å². The molecule has 1 fully saturated rings.